The Bertz CT molecular complexity index is 881. The molecule has 29 heavy (non-hydrogen) atoms. The third-order valence-electron chi connectivity index (χ3n) is 4.68. The number of anilines is 1. The van der Waals surface area contributed by atoms with Crippen molar-refractivity contribution in [1.29, 1.82) is 0 Å². The number of hydrogen-bond donors (Lipinski definition) is 1. The predicted molar refractivity (Wildman–Crippen MR) is 101 cm³/mol. The van der Waals surface area contributed by atoms with Crippen LogP contribution in [0.1, 0.15) is 24.5 Å². The number of amides is 2. The van der Waals surface area contributed by atoms with Crippen molar-refractivity contribution in [3.63, 3.8) is 0 Å². The van der Waals surface area contributed by atoms with Crippen LogP contribution in [-0.4, -0.2) is 25.0 Å². The van der Waals surface area contributed by atoms with Crippen molar-refractivity contribution in [1.82, 2.24) is 5.32 Å². The average Bonchev–Trinajstić information content (AvgIpc) is 3.08. The van der Waals surface area contributed by atoms with Crippen molar-refractivity contribution in [2.45, 2.75) is 26.1 Å². The molecule has 1 N–H and O–H groups in total. The van der Waals surface area contributed by atoms with Gasteiger partial charge in [0.05, 0.1) is 18.1 Å². The Labute approximate surface area is 166 Å². The Morgan fingerprint density at radius 3 is 2.59 bits per heavy atom. The first-order valence-corrected chi connectivity index (χ1v) is 9.25. The molecule has 0 bridgehead atoms. The second kappa shape index (κ2) is 8.55. The fourth-order valence-corrected chi connectivity index (χ4v) is 3.21. The highest BCUT2D eigenvalue weighted by Crippen LogP contribution is 2.30. The topological polar surface area (TPSA) is 58.6 Å². The minimum atomic E-state index is -4.43. The number of carbonyl (C=O) groups excluding carboxylic acids is 2. The molecule has 0 saturated carbocycles. The molecule has 1 fully saturated rings. The van der Waals surface area contributed by atoms with Crippen LogP contribution in [0.2, 0.25) is 0 Å². The monoisotopic (exact) mass is 406 g/mol. The van der Waals surface area contributed by atoms with Crippen LogP contribution in [0, 0.1) is 5.92 Å². The van der Waals surface area contributed by atoms with E-state index in [0.29, 0.717) is 23.6 Å². The second-order valence-electron chi connectivity index (χ2n) is 6.75. The molecule has 1 unspecified atom stereocenters. The molecule has 2 aromatic rings. The van der Waals surface area contributed by atoms with Crippen molar-refractivity contribution < 1.29 is 27.5 Å². The highest BCUT2D eigenvalue weighted by Gasteiger charge is 2.35. The molecule has 1 saturated heterocycles. The van der Waals surface area contributed by atoms with E-state index < -0.39 is 17.7 Å². The van der Waals surface area contributed by atoms with Crippen LogP contribution >= 0.6 is 0 Å². The van der Waals surface area contributed by atoms with Crippen molar-refractivity contribution in [2.24, 2.45) is 5.92 Å². The summed E-state index contributed by atoms with van der Waals surface area (Å²) in [4.78, 5) is 26.3. The van der Waals surface area contributed by atoms with E-state index in [0.717, 1.165) is 12.1 Å². The number of halogens is 3. The number of benzene rings is 2. The summed E-state index contributed by atoms with van der Waals surface area (Å²) < 4.78 is 43.7. The number of hydrogen-bond acceptors (Lipinski definition) is 3. The molecule has 0 aromatic heterocycles. The SMILES string of the molecule is CCOc1ccc(N2CC(C(=O)NCc3cccc(C(F)(F)F)c3)CC2=O)cc1. The van der Waals surface area contributed by atoms with Gasteiger partial charge in [0.15, 0.2) is 0 Å². The van der Waals surface area contributed by atoms with Crippen molar-refractivity contribution in [2.75, 3.05) is 18.1 Å². The fourth-order valence-electron chi connectivity index (χ4n) is 3.21. The van der Waals surface area contributed by atoms with Gasteiger partial charge in [-0.2, -0.15) is 13.2 Å². The number of alkyl halides is 3. The Morgan fingerprint density at radius 1 is 1.21 bits per heavy atom. The lowest BCUT2D eigenvalue weighted by Gasteiger charge is -2.17. The molecule has 1 aliphatic rings. The highest BCUT2D eigenvalue weighted by molar-refractivity contribution is 6.00. The van der Waals surface area contributed by atoms with E-state index in [-0.39, 0.29) is 31.3 Å². The zero-order chi connectivity index (χ0) is 21.0. The minimum absolute atomic E-state index is 0.0313. The lowest BCUT2D eigenvalue weighted by atomic mass is 10.1. The minimum Gasteiger partial charge on any atom is -0.494 e. The summed E-state index contributed by atoms with van der Waals surface area (Å²) in [7, 11) is 0. The van der Waals surface area contributed by atoms with Crippen LogP contribution in [0.15, 0.2) is 48.5 Å². The smallest absolute Gasteiger partial charge is 0.416 e. The largest absolute Gasteiger partial charge is 0.494 e. The zero-order valence-corrected chi connectivity index (χ0v) is 15.8. The maximum atomic E-state index is 12.8. The van der Waals surface area contributed by atoms with E-state index in [1.54, 1.807) is 24.3 Å². The predicted octanol–water partition coefficient (Wildman–Crippen LogP) is 3.77. The summed E-state index contributed by atoms with van der Waals surface area (Å²) in [6.45, 7) is 2.61. The normalized spacial score (nSPS) is 16.8. The highest BCUT2D eigenvalue weighted by atomic mass is 19.4. The van der Waals surface area contributed by atoms with E-state index in [2.05, 4.69) is 5.32 Å². The number of rotatable bonds is 6. The first-order valence-electron chi connectivity index (χ1n) is 9.25. The quantitative estimate of drug-likeness (QED) is 0.795. The van der Waals surface area contributed by atoms with Gasteiger partial charge in [-0.3, -0.25) is 9.59 Å². The third kappa shape index (κ3) is 5.07. The lowest BCUT2D eigenvalue weighted by molar-refractivity contribution is -0.137. The van der Waals surface area contributed by atoms with Gasteiger partial charge in [-0.25, -0.2) is 0 Å². The van der Waals surface area contributed by atoms with Crippen molar-refractivity contribution >= 4 is 17.5 Å². The van der Waals surface area contributed by atoms with Gasteiger partial charge in [-0.1, -0.05) is 12.1 Å². The number of nitrogens with zero attached hydrogens (tertiary/aromatic N) is 1. The molecule has 0 spiro atoms. The van der Waals surface area contributed by atoms with Crippen LogP contribution in [0.4, 0.5) is 18.9 Å². The molecule has 154 valence electrons. The Kier molecular flexibility index (Phi) is 6.10. The third-order valence-corrected chi connectivity index (χ3v) is 4.68. The first-order chi connectivity index (χ1) is 13.8. The molecular formula is C21H21F3N2O3. The van der Waals surface area contributed by atoms with Gasteiger partial charge in [0.2, 0.25) is 11.8 Å². The molecule has 1 atom stereocenters. The summed E-state index contributed by atoms with van der Waals surface area (Å²) in [5.74, 6) is -0.393. The van der Waals surface area contributed by atoms with Crippen molar-refractivity contribution in [3.05, 3.63) is 59.7 Å². The van der Waals surface area contributed by atoms with Gasteiger partial charge in [0.25, 0.3) is 0 Å². The Hall–Kier alpha value is -3.03. The zero-order valence-electron chi connectivity index (χ0n) is 15.8. The van der Waals surface area contributed by atoms with Crippen molar-refractivity contribution in [3.8, 4) is 5.75 Å². The van der Waals surface area contributed by atoms with Gasteiger partial charge in [0.1, 0.15) is 5.75 Å². The van der Waals surface area contributed by atoms with Crippen LogP contribution in [0.3, 0.4) is 0 Å². The first kappa shape index (κ1) is 20.7. The van der Waals surface area contributed by atoms with E-state index in [1.165, 1.54) is 17.0 Å². The summed E-state index contributed by atoms with van der Waals surface area (Å²) >= 11 is 0. The lowest BCUT2D eigenvalue weighted by Crippen LogP contribution is -2.32. The van der Waals surface area contributed by atoms with Gasteiger partial charge < -0.3 is 15.0 Å². The molecule has 0 aliphatic carbocycles. The molecule has 3 rings (SSSR count). The molecule has 5 nitrogen and oxygen atoms in total. The maximum Gasteiger partial charge on any atom is 0.416 e. The molecule has 1 aliphatic heterocycles. The van der Waals surface area contributed by atoms with Crippen LogP contribution in [-0.2, 0) is 22.3 Å². The van der Waals surface area contributed by atoms with E-state index in [9.17, 15) is 22.8 Å². The second-order valence-corrected chi connectivity index (χ2v) is 6.75. The van der Waals surface area contributed by atoms with E-state index in [4.69, 9.17) is 4.74 Å². The Morgan fingerprint density at radius 2 is 1.93 bits per heavy atom. The number of nitrogens with one attached hydrogen (secondary N) is 1. The number of carbonyl (C=O) groups is 2. The van der Waals surface area contributed by atoms with Crippen LogP contribution in [0.5, 0.6) is 5.75 Å². The molecule has 2 aromatic carbocycles. The van der Waals surface area contributed by atoms with E-state index in [1.807, 2.05) is 6.92 Å². The molecule has 1 heterocycles. The average molecular weight is 406 g/mol. The van der Waals surface area contributed by atoms with E-state index >= 15 is 0 Å². The van der Waals surface area contributed by atoms with Gasteiger partial charge >= 0.3 is 6.18 Å². The Balaban J connectivity index is 1.59. The van der Waals surface area contributed by atoms with Crippen LogP contribution < -0.4 is 15.0 Å². The van der Waals surface area contributed by atoms with Crippen LogP contribution in [0.25, 0.3) is 0 Å². The standard InChI is InChI=1S/C21H21F3N2O3/c1-2-29-18-8-6-17(7-9-18)26-13-15(11-19(26)27)20(28)25-12-14-4-3-5-16(10-14)21(22,23)24/h3-10,15H,2,11-13H2,1H3,(H,25,28). The summed E-state index contributed by atoms with van der Waals surface area (Å²) in [5, 5.41) is 2.63. The molecular weight excluding hydrogens is 385 g/mol. The summed E-state index contributed by atoms with van der Waals surface area (Å²) in [6, 6.07) is 11.8. The number of ether oxygens (including phenoxy) is 1. The molecule has 0 radical (unpaired) electrons. The summed E-state index contributed by atoms with van der Waals surface area (Å²) in [5.41, 5.74) is 0.259. The van der Waals surface area contributed by atoms with Gasteiger partial charge in [0, 0.05) is 25.2 Å². The van der Waals surface area contributed by atoms with Gasteiger partial charge in [-0.05, 0) is 48.9 Å². The molecule has 8 heteroatoms. The van der Waals surface area contributed by atoms with Gasteiger partial charge in [-0.15, -0.1) is 0 Å². The molecule has 2 amide bonds. The fraction of sp³-hybridized carbons (Fsp3) is 0.333. The maximum absolute atomic E-state index is 12.8. The summed E-state index contributed by atoms with van der Waals surface area (Å²) in [6.07, 6.45) is -4.38.